The number of aliphatic hydroxyl groups is 1. The summed E-state index contributed by atoms with van der Waals surface area (Å²) in [6.07, 6.45) is -4.81. The Bertz CT molecular complexity index is 612. The molecular formula is C11H11ClF3NO3S. The summed E-state index contributed by atoms with van der Waals surface area (Å²) in [6, 6.07) is 2.55. The Morgan fingerprint density at radius 1 is 1.35 bits per heavy atom. The number of hydrogen-bond acceptors (Lipinski definition) is 3. The summed E-state index contributed by atoms with van der Waals surface area (Å²) in [6.45, 7) is -0.170. The lowest BCUT2D eigenvalue weighted by molar-refractivity contribution is -0.139. The van der Waals surface area contributed by atoms with Crippen molar-refractivity contribution < 1.29 is 26.7 Å². The average Bonchev–Trinajstić information content (AvgIpc) is 2.25. The van der Waals surface area contributed by atoms with Gasteiger partial charge in [-0.25, -0.2) is 8.42 Å². The lowest BCUT2D eigenvalue weighted by Crippen LogP contribution is -2.51. The molecule has 0 aliphatic carbocycles. The quantitative estimate of drug-likeness (QED) is 0.922. The molecule has 112 valence electrons. The van der Waals surface area contributed by atoms with Gasteiger partial charge in [0.05, 0.1) is 10.5 Å². The fraction of sp³-hybridized carbons (Fsp3) is 0.455. The number of benzene rings is 1. The molecule has 0 aromatic heterocycles. The molecule has 2 rings (SSSR count). The van der Waals surface area contributed by atoms with Crippen molar-refractivity contribution in [2.75, 3.05) is 19.7 Å². The van der Waals surface area contributed by atoms with E-state index in [4.69, 9.17) is 16.7 Å². The molecule has 0 spiro atoms. The van der Waals surface area contributed by atoms with Crippen LogP contribution < -0.4 is 0 Å². The van der Waals surface area contributed by atoms with Crippen LogP contribution in [0.2, 0.25) is 5.02 Å². The number of sulfonamides is 1. The highest BCUT2D eigenvalue weighted by atomic mass is 35.5. The smallest absolute Gasteiger partial charge is 0.396 e. The monoisotopic (exact) mass is 329 g/mol. The summed E-state index contributed by atoms with van der Waals surface area (Å²) in [5.41, 5.74) is -1.28. The van der Waals surface area contributed by atoms with Gasteiger partial charge in [-0.2, -0.15) is 17.5 Å². The van der Waals surface area contributed by atoms with Gasteiger partial charge in [-0.1, -0.05) is 11.6 Å². The van der Waals surface area contributed by atoms with Crippen LogP contribution in [0.3, 0.4) is 0 Å². The SMILES string of the molecule is O=S(=O)(c1ccc(Cl)cc1C(F)(F)F)N1CC(CO)C1. The average molecular weight is 330 g/mol. The van der Waals surface area contributed by atoms with Crippen molar-refractivity contribution in [1.82, 2.24) is 4.31 Å². The zero-order valence-electron chi connectivity index (χ0n) is 10.1. The van der Waals surface area contributed by atoms with E-state index in [0.717, 1.165) is 16.4 Å². The summed E-state index contributed by atoms with van der Waals surface area (Å²) < 4.78 is 63.9. The van der Waals surface area contributed by atoms with Gasteiger partial charge in [0.1, 0.15) is 0 Å². The van der Waals surface area contributed by atoms with Gasteiger partial charge < -0.3 is 5.11 Å². The van der Waals surface area contributed by atoms with Gasteiger partial charge >= 0.3 is 6.18 Å². The van der Waals surface area contributed by atoms with Gasteiger partial charge in [-0.05, 0) is 18.2 Å². The molecular weight excluding hydrogens is 319 g/mol. The molecule has 1 heterocycles. The molecule has 4 nitrogen and oxygen atoms in total. The molecule has 9 heteroatoms. The van der Waals surface area contributed by atoms with Crippen molar-refractivity contribution >= 4 is 21.6 Å². The van der Waals surface area contributed by atoms with Gasteiger partial charge in [0.15, 0.2) is 0 Å². The third kappa shape index (κ3) is 2.78. The van der Waals surface area contributed by atoms with E-state index in [1.54, 1.807) is 0 Å². The van der Waals surface area contributed by atoms with E-state index in [2.05, 4.69) is 0 Å². The van der Waals surface area contributed by atoms with E-state index < -0.39 is 26.7 Å². The largest absolute Gasteiger partial charge is 0.417 e. The van der Waals surface area contributed by atoms with Crippen molar-refractivity contribution in [2.24, 2.45) is 5.92 Å². The molecule has 1 saturated heterocycles. The number of alkyl halides is 3. The fourth-order valence-corrected chi connectivity index (χ4v) is 3.88. The Morgan fingerprint density at radius 3 is 2.45 bits per heavy atom. The molecule has 0 atom stereocenters. The number of rotatable bonds is 3. The van der Waals surface area contributed by atoms with Crippen molar-refractivity contribution in [2.45, 2.75) is 11.1 Å². The van der Waals surface area contributed by atoms with E-state index in [-0.39, 0.29) is 30.6 Å². The van der Waals surface area contributed by atoms with E-state index in [1.165, 1.54) is 0 Å². The third-order valence-corrected chi connectivity index (χ3v) is 5.17. The third-order valence-electron chi connectivity index (χ3n) is 3.05. The van der Waals surface area contributed by atoms with Gasteiger partial charge in [0, 0.05) is 30.6 Å². The van der Waals surface area contributed by atoms with Gasteiger partial charge in [-0.3, -0.25) is 0 Å². The number of hydrogen-bond donors (Lipinski definition) is 1. The maximum atomic E-state index is 12.9. The predicted molar refractivity (Wildman–Crippen MR) is 65.8 cm³/mol. The lowest BCUT2D eigenvalue weighted by Gasteiger charge is -2.37. The van der Waals surface area contributed by atoms with Crippen LogP contribution >= 0.6 is 11.6 Å². The first-order valence-corrected chi connectivity index (χ1v) is 7.46. The first-order valence-electron chi connectivity index (χ1n) is 5.64. The van der Waals surface area contributed by atoms with E-state index >= 15 is 0 Å². The summed E-state index contributed by atoms with van der Waals surface area (Å²) >= 11 is 5.50. The second-order valence-corrected chi connectivity index (χ2v) is 6.85. The Morgan fingerprint density at radius 2 is 1.95 bits per heavy atom. The van der Waals surface area contributed by atoms with Crippen molar-refractivity contribution in [3.63, 3.8) is 0 Å². The standard InChI is InChI=1S/C11H11ClF3NO3S/c12-8-1-2-10(9(3-8)11(13,14)15)20(18,19)16-4-7(5-16)6-17/h1-3,7,17H,4-6H2. The van der Waals surface area contributed by atoms with Gasteiger partial charge in [0.25, 0.3) is 0 Å². The van der Waals surface area contributed by atoms with Crippen LogP contribution in [0.25, 0.3) is 0 Å². The number of aliphatic hydroxyl groups excluding tert-OH is 1. The Labute approximate surface area is 118 Å². The molecule has 1 aliphatic heterocycles. The molecule has 0 unspecified atom stereocenters. The van der Waals surface area contributed by atoms with Crippen molar-refractivity contribution in [1.29, 1.82) is 0 Å². The molecule has 1 aromatic carbocycles. The fourth-order valence-electron chi connectivity index (χ4n) is 1.92. The molecule has 0 radical (unpaired) electrons. The molecule has 0 bridgehead atoms. The molecule has 1 N–H and O–H groups in total. The van der Waals surface area contributed by atoms with Crippen LogP contribution in [0.5, 0.6) is 0 Å². The van der Waals surface area contributed by atoms with Crippen LogP contribution in [0.15, 0.2) is 23.1 Å². The molecule has 1 aliphatic rings. The maximum absolute atomic E-state index is 12.9. The van der Waals surface area contributed by atoms with Crippen LogP contribution in [-0.4, -0.2) is 37.5 Å². The molecule has 1 fully saturated rings. The molecule has 0 amide bonds. The second kappa shape index (κ2) is 5.18. The molecule has 1 aromatic rings. The number of halogens is 4. The second-order valence-electron chi connectivity index (χ2n) is 4.51. The lowest BCUT2D eigenvalue weighted by atomic mass is 10.1. The Hall–Kier alpha value is -0.830. The number of nitrogens with zero attached hydrogens (tertiary/aromatic N) is 1. The summed E-state index contributed by atoms with van der Waals surface area (Å²) in [5, 5.41) is 8.65. The van der Waals surface area contributed by atoms with E-state index in [0.29, 0.717) is 6.07 Å². The zero-order chi connectivity index (χ0) is 15.1. The zero-order valence-corrected chi connectivity index (χ0v) is 11.6. The summed E-state index contributed by atoms with van der Waals surface area (Å²) in [5.74, 6) is -0.230. The highest BCUT2D eigenvalue weighted by Crippen LogP contribution is 2.38. The Balaban J connectivity index is 2.43. The van der Waals surface area contributed by atoms with Gasteiger partial charge in [0.2, 0.25) is 10.0 Å². The Kier molecular flexibility index (Phi) is 4.03. The van der Waals surface area contributed by atoms with E-state index in [9.17, 15) is 21.6 Å². The summed E-state index contributed by atoms with van der Waals surface area (Å²) in [4.78, 5) is -0.814. The van der Waals surface area contributed by atoms with Crippen LogP contribution in [0, 0.1) is 5.92 Å². The highest BCUT2D eigenvalue weighted by molar-refractivity contribution is 7.89. The molecule has 0 saturated carbocycles. The minimum absolute atomic E-state index is 0.0127. The minimum Gasteiger partial charge on any atom is -0.396 e. The summed E-state index contributed by atoms with van der Waals surface area (Å²) in [7, 11) is -4.23. The van der Waals surface area contributed by atoms with Crippen LogP contribution in [0.4, 0.5) is 13.2 Å². The predicted octanol–water partition coefficient (Wildman–Crippen LogP) is 1.97. The first-order chi connectivity index (χ1) is 9.16. The normalized spacial score (nSPS) is 18.1. The van der Waals surface area contributed by atoms with Crippen molar-refractivity contribution in [3.8, 4) is 0 Å². The van der Waals surface area contributed by atoms with Crippen molar-refractivity contribution in [3.05, 3.63) is 28.8 Å². The highest BCUT2D eigenvalue weighted by Gasteiger charge is 2.42. The van der Waals surface area contributed by atoms with E-state index in [1.807, 2.05) is 0 Å². The minimum atomic E-state index is -4.81. The first kappa shape index (κ1) is 15.6. The maximum Gasteiger partial charge on any atom is 0.417 e. The molecule has 20 heavy (non-hydrogen) atoms. The topological polar surface area (TPSA) is 57.6 Å². The van der Waals surface area contributed by atoms with Crippen LogP contribution in [0.1, 0.15) is 5.56 Å². The van der Waals surface area contributed by atoms with Gasteiger partial charge in [-0.15, -0.1) is 0 Å². The van der Waals surface area contributed by atoms with Crippen LogP contribution in [-0.2, 0) is 16.2 Å².